The number of aliphatic hydroxyl groups is 1. The van der Waals surface area contributed by atoms with Crippen LogP contribution in [0.5, 0.6) is 11.5 Å². The van der Waals surface area contributed by atoms with Gasteiger partial charge in [0.05, 0.1) is 13.7 Å². The Morgan fingerprint density at radius 2 is 1.77 bits per heavy atom. The van der Waals surface area contributed by atoms with Gasteiger partial charge in [0.25, 0.3) is 5.91 Å². The van der Waals surface area contributed by atoms with Gasteiger partial charge in [-0.15, -0.1) is 0 Å². The molecule has 2 N–H and O–H groups in total. The molecule has 2 atom stereocenters. The highest BCUT2D eigenvalue weighted by Crippen LogP contribution is 2.44. The van der Waals surface area contributed by atoms with Crippen molar-refractivity contribution in [1.82, 2.24) is 5.32 Å². The smallest absolute Gasteiger partial charge is 0.252 e. The maximum absolute atomic E-state index is 14.5. The van der Waals surface area contributed by atoms with Crippen LogP contribution in [0.4, 0.5) is 5.69 Å². The summed E-state index contributed by atoms with van der Waals surface area (Å²) in [4.78, 5) is 22.6. The molecule has 10 heteroatoms. The minimum absolute atomic E-state index is 0.0500. The molecule has 4 aromatic carbocycles. The monoisotopic (exact) mass is 633 g/mol. The molecule has 10 nitrogen and oxygen atoms in total. The van der Waals surface area contributed by atoms with Crippen LogP contribution in [0.3, 0.4) is 0 Å². The zero-order chi connectivity index (χ0) is 32.9. The van der Waals surface area contributed by atoms with Crippen LogP contribution >= 0.6 is 0 Å². The zero-order valence-electron chi connectivity index (χ0n) is 26.4. The fourth-order valence-corrected chi connectivity index (χ4v) is 5.64. The van der Waals surface area contributed by atoms with Crippen molar-refractivity contribution in [2.75, 3.05) is 26.9 Å². The minimum atomic E-state index is -1.45. The van der Waals surface area contributed by atoms with E-state index in [1.807, 2.05) is 78.9 Å². The number of nitrogens with zero attached hydrogens (tertiary/aromatic N) is 4. The molecular formula is C37H39N5O5. The van der Waals surface area contributed by atoms with Crippen molar-refractivity contribution in [2.24, 2.45) is 10.1 Å². The van der Waals surface area contributed by atoms with Gasteiger partial charge in [-0.25, -0.2) is 4.99 Å². The number of hydrogen-bond donors (Lipinski definition) is 2. The van der Waals surface area contributed by atoms with E-state index in [2.05, 4.69) is 27.5 Å². The predicted octanol–water partition coefficient (Wildman–Crippen LogP) is 7.04. The SMILES string of the molecule is COc1cccc([C@H]2OC(c3ccc(OCCCO)cc3)=N[C@@]2(Cc2ccccc2N=[N+]=[N-])C(=O)NCCCCc2ccccc2)c1. The highest BCUT2D eigenvalue weighted by Gasteiger charge is 2.53. The summed E-state index contributed by atoms with van der Waals surface area (Å²) in [6, 6.07) is 32.2. The molecule has 1 heterocycles. The molecule has 1 amide bonds. The maximum Gasteiger partial charge on any atom is 0.252 e. The molecule has 0 aromatic heterocycles. The number of azide groups is 1. The molecule has 0 bridgehead atoms. The Morgan fingerprint density at radius 1 is 0.979 bits per heavy atom. The maximum atomic E-state index is 14.5. The number of carbonyl (C=O) groups is 1. The standard InChI is InChI=1S/C37H39N5O5/c1-45-32-16-9-15-29(25-32)34-37(26-30-14-5-6-17-33(30)41-42-38,36(44)39-22-8-7-13-27-11-3-2-4-12-27)40-35(47-34)28-18-20-31(21-19-28)46-24-10-23-43/h2-6,9,11-12,14-21,25,34,43H,7-8,10,13,22-24,26H2,1H3,(H,39,44)/t34-,37-/m1/s1. The third-order valence-electron chi connectivity index (χ3n) is 8.05. The Hall–Kier alpha value is -5.31. The molecule has 0 unspecified atom stereocenters. The van der Waals surface area contributed by atoms with Crippen LogP contribution in [0.1, 0.15) is 47.6 Å². The normalized spacial score (nSPS) is 16.8. The zero-order valence-corrected chi connectivity index (χ0v) is 26.4. The molecule has 5 rings (SSSR count). The summed E-state index contributed by atoms with van der Waals surface area (Å²) in [7, 11) is 1.59. The summed E-state index contributed by atoms with van der Waals surface area (Å²) in [6.07, 6.45) is 2.43. The van der Waals surface area contributed by atoms with E-state index in [0.717, 1.165) is 19.3 Å². The molecule has 4 aromatic rings. The first-order valence-electron chi connectivity index (χ1n) is 15.8. The van der Waals surface area contributed by atoms with E-state index in [0.29, 0.717) is 59.3 Å². The van der Waals surface area contributed by atoms with Gasteiger partial charge in [0.2, 0.25) is 5.90 Å². The summed E-state index contributed by atoms with van der Waals surface area (Å²) in [5.41, 5.74) is 11.6. The number of carbonyl (C=O) groups excluding carboxylic acids is 1. The number of hydrogen-bond acceptors (Lipinski definition) is 7. The van der Waals surface area contributed by atoms with Crippen molar-refractivity contribution in [1.29, 1.82) is 0 Å². The fraction of sp³-hybridized carbons (Fsp3) is 0.297. The molecule has 0 spiro atoms. The largest absolute Gasteiger partial charge is 0.497 e. The van der Waals surface area contributed by atoms with Crippen LogP contribution in [-0.2, 0) is 22.4 Å². The molecule has 0 saturated heterocycles. The van der Waals surface area contributed by atoms with E-state index in [-0.39, 0.29) is 18.9 Å². The summed E-state index contributed by atoms with van der Waals surface area (Å²) in [5, 5.41) is 16.1. The number of nitrogens with one attached hydrogen (secondary N) is 1. The van der Waals surface area contributed by atoms with Gasteiger partial charge >= 0.3 is 0 Å². The molecule has 47 heavy (non-hydrogen) atoms. The van der Waals surface area contributed by atoms with Crippen molar-refractivity contribution in [2.45, 2.75) is 43.7 Å². The third-order valence-corrected chi connectivity index (χ3v) is 8.05. The summed E-state index contributed by atoms with van der Waals surface area (Å²) < 4.78 is 17.9. The predicted molar refractivity (Wildman–Crippen MR) is 181 cm³/mol. The number of ether oxygens (including phenoxy) is 3. The highest BCUT2D eigenvalue weighted by atomic mass is 16.5. The minimum Gasteiger partial charge on any atom is -0.497 e. The number of unbranched alkanes of at least 4 members (excludes halogenated alkanes) is 1. The first-order chi connectivity index (χ1) is 23.1. The Bertz CT molecular complexity index is 1710. The molecule has 0 aliphatic carbocycles. The average Bonchev–Trinajstić information content (AvgIpc) is 3.50. The lowest BCUT2D eigenvalue weighted by Crippen LogP contribution is -2.50. The van der Waals surface area contributed by atoms with E-state index < -0.39 is 11.6 Å². The lowest BCUT2D eigenvalue weighted by Gasteiger charge is -2.31. The van der Waals surface area contributed by atoms with E-state index >= 15 is 0 Å². The number of methoxy groups -OCH3 is 1. The van der Waals surface area contributed by atoms with Crippen LogP contribution in [0.15, 0.2) is 113 Å². The number of aliphatic hydroxyl groups excluding tert-OH is 1. The number of amides is 1. The molecule has 1 aliphatic rings. The van der Waals surface area contributed by atoms with Crippen molar-refractivity contribution in [3.63, 3.8) is 0 Å². The van der Waals surface area contributed by atoms with E-state index in [1.165, 1.54) is 5.56 Å². The first-order valence-corrected chi connectivity index (χ1v) is 15.8. The Labute approximate surface area is 274 Å². The van der Waals surface area contributed by atoms with Gasteiger partial charge < -0.3 is 24.6 Å². The van der Waals surface area contributed by atoms with Crippen molar-refractivity contribution in [3.8, 4) is 11.5 Å². The van der Waals surface area contributed by atoms with Crippen molar-refractivity contribution in [3.05, 3.63) is 136 Å². The van der Waals surface area contributed by atoms with Gasteiger partial charge in [-0.1, -0.05) is 71.8 Å². The van der Waals surface area contributed by atoms with Crippen molar-refractivity contribution >= 4 is 17.5 Å². The number of aliphatic imine (C=N–C) groups is 1. The lowest BCUT2D eigenvalue weighted by molar-refractivity contribution is -0.128. The molecule has 0 saturated carbocycles. The summed E-state index contributed by atoms with van der Waals surface area (Å²) >= 11 is 0. The van der Waals surface area contributed by atoms with Gasteiger partial charge in [-0.05, 0) is 77.9 Å². The van der Waals surface area contributed by atoms with Gasteiger partial charge in [0, 0.05) is 42.2 Å². The van der Waals surface area contributed by atoms with Crippen molar-refractivity contribution < 1.29 is 24.1 Å². The topological polar surface area (TPSA) is 138 Å². The Morgan fingerprint density at radius 3 is 2.53 bits per heavy atom. The van der Waals surface area contributed by atoms with Crippen LogP contribution in [0.2, 0.25) is 0 Å². The van der Waals surface area contributed by atoms with E-state index in [9.17, 15) is 10.3 Å². The highest BCUT2D eigenvalue weighted by molar-refractivity contribution is 6.01. The second-order valence-electron chi connectivity index (χ2n) is 11.3. The Balaban J connectivity index is 1.50. The Kier molecular flexibility index (Phi) is 11.5. The molecule has 0 fully saturated rings. The fourth-order valence-electron chi connectivity index (χ4n) is 5.64. The lowest BCUT2D eigenvalue weighted by atomic mass is 9.81. The van der Waals surface area contributed by atoms with Gasteiger partial charge in [-0.2, -0.15) is 0 Å². The van der Waals surface area contributed by atoms with Crippen LogP contribution in [0, 0.1) is 0 Å². The van der Waals surface area contributed by atoms with E-state index in [1.54, 1.807) is 19.2 Å². The first kappa shape index (κ1) is 33.1. The van der Waals surface area contributed by atoms with Gasteiger partial charge in [-0.3, -0.25) is 4.79 Å². The van der Waals surface area contributed by atoms with Gasteiger partial charge in [0.1, 0.15) is 11.5 Å². The number of aryl methyl sites for hydroxylation is 1. The quantitative estimate of drug-likeness (QED) is 0.0590. The number of rotatable bonds is 16. The molecular weight excluding hydrogens is 594 g/mol. The molecule has 1 aliphatic heterocycles. The van der Waals surface area contributed by atoms with E-state index in [4.69, 9.17) is 24.3 Å². The second-order valence-corrected chi connectivity index (χ2v) is 11.3. The summed E-state index contributed by atoms with van der Waals surface area (Å²) in [5.74, 6) is 1.28. The number of benzene rings is 4. The van der Waals surface area contributed by atoms with Crippen LogP contribution in [0.25, 0.3) is 10.4 Å². The second kappa shape index (κ2) is 16.3. The van der Waals surface area contributed by atoms with Gasteiger partial charge in [0.15, 0.2) is 11.6 Å². The summed E-state index contributed by atoms with van der Waals surface area (Å²) in [6.45, 7) is 0.903. The molecule has 0 radical (unpaired) electrons. The van der Waals surface area contributed by atoms with Crippen LogP contribution < -0.4 is 14.8 Å². The van der Waals surface area contributed by atoms with Crippen LogP contribution in [-0.4, -0.2) is 49.3 Å². The molecule has 242 valence electrons. The average molecular weight is 634 g/mol. The third kappa shape index (κ3) is 8.30.